The van der Waals surface area contributed by atoms with Gasteiger partial charge in [-0.15, -0.1) is 0 Å². The Bertz CT molecular complexity index is 734. The van der Waals surface area contributed by atoms with E-state index in [-0.39, 0.29) is 11.9 Å². The van der Waals surface area contributed by atoms with Crippen LogP contribution in [-0.4, -0.2) is 31.7 Å². The maximum atomic E-state index is 12.9. The van der Waals surface area contributed by atoms with Gasteiger partial charge in [0.25, 0.3) is 5.91 Å². The lowest BCUT2D eigenvalue weighted by Crippen LogP contribution is -2.32. The zero-order chi connectivity index (χ0) is 16.0. The van der Waals surface area contributed by atoms with Gasteiger partial charge in [-0.1, -0.05) is 23.2 Å². The second-order valence-corrected chi connectivity index (χ2v) is 6.52. The molecule has 1 aliphatic rings. The van der Waals surface area contributed by atoms with E-state index in [1.807, 2.05) is 25.9 Å². The SMILES string of the molecule is Cc1nn(C)c(Cl)c1[C@H]1CCCN1C(=O)c1cc(Cl)cn1C. The average molecular weight is 341 g/mol. The van der Waals surface area contributed by atoms with E-state index >= 15 is 0 Å². The summed E-state index contributed by atoms with van der Waals surface area (Å²) < 4.78 is 3.42. The zero-order valence-corrected chi connectivity index (χ0v) is 14.3. The Labute approximate surface area is 139 Å². The van der Waals surface area contributed by atoms with Crippen molar-refractivity contribution in [2.24, 2.45) is 14.1 Å². The number of likely N-dealkylation sites (tertiary alicyclic amines) is 1. The number of hydrogen-bond donors (Lipinski definition) is 0. The Morgan fingerprint density at radius 3 is 2.64 bits per heavy atom. The molecule has 1 aliphatic heterocycles. The van der Waals surface area contributed by atoms with Crippen LogP contribution in [0.2, 0.25) is 10.2 Å². The predicted molar refractivity (Wildman–Crippen MR) is 86.4 cm³/mol. The Hall–Kier alpha value is -1.46. The second kappa shape index (κ2) is 5.63. The smallest absolute Gasteiger partial charge is 0.271 e. The van der Waals surface area contributed by atoms with E-state index < -0.39 is 0 Å². The molecule has 22 heavy (non-hydrogen) atoms. The summed E-state index contributed by atoms with van der Waals surface area (Å²) in [6.07, 6.45) is 3.59. The van der Waals surface area contributed by atoms with Crippen molar-refractivity contribution >= 4 is 29.1 Å². The van der Waals surface area contributed by atoms with Crippen molar-refractivity contribution in [1.82, 2.24) is 19.2 Å². The summed E-state index contributed by atoms with van der Waals surface area (Å²) >= 11 is 12.4. The highest BCUT2D eigenvalue weighted by Gasteiger charge is 2.35. The molecule has 1 saturated heterocycles. The standard InChI is InChI=1S/C15H18Cl2N4O/c1-9-13(14(17)20(3)18-9)11-5-4-6-21(11)15(22)12-7-10(16)8-19(12)2/h7-8,11H,4-6H2,1-3H3/t11-/m1/s1. The lowest BCUT2D eigenvalue weighted by molar-refractivity contribution is 0.0725. The van der Waals surface area contributed by atoms with Crippen molar-refractivity contribution in [3.05, 3.63) is 39.4 Å². The summed E-state index contributed by atoms with van der Waals surface area (Å²) in [5.74, 6) is -0.0174. The number of hydrogen-bond acceptors (Lipinski definition) is 2. The van der Waals surface area contributed by atoms with Crippen LogP contribution >= 0.6 is 23.2 Å². The van der Waals surface area contributed by atoms with Gasteiger partial charge in [0.05, 0.1) is 16.8 Å². The number of nitrogens with zero attached hydrogens (tertiary/aromatic N) is 4. The summed E-state index contributed by atoms with van der Waals surface area (Å²) in [7, 11) is 3.64. The second-order valence-electron chi connectivity index (χ2n) is 5.72. The van der Waals surface area contributed by atoms with E-state index in [9.17, 15) is 4.79 Å². The predicted octanol–water partition coefficient (Wildman–Crippen LogP) is 3.35. The van der Waals surface area contributed by atoms with Crippen LogP contribution in [0.4, 0.5) is 0 Å². The Kier molecular flexibility index (Phi) is 3.95. The molecule has 0 unspecified atom stereocenters. The third-order valence-electron chi connectivity index (χ3n) is 4.23. The number of rotatable bonds is 2. The lowest BCUT2D eigenvalue weighted by atomic mass is 10.1. The first kappa shape index (κ1) is 15.4. The molecule has 2 aromatic heterocycles. The van der Waals surface area contributed by atoms with Crippen LogP contribution in [0.3, 0.4) is 0 Å². The highest BCUT2D eigenvalue weighted by molar-refractivity contribution is 6.31. The molecule has 2 aromatic rings. The highest BCUT2D eigenvalue weighted by atomic mass is 35.5. The van der Waals surface area contributed by atoms with Crippen LogP contribution in [0.5, 0.6) is 0 Å². The van der Waals surface area contributed by atoms with Gasteiger partial charge in [-0.05, 0) is 25.8 Å². The van der Waals surface area contributed by atoms with Gasteiger partial charge in [-0.25, -0.2) is 0 Å². The summed E-state index contributed by atoms with van der Waals surface area (Å²) in [4.78, 5) is 14.7. The molecular formula is C15H18Cl2N4O. The number of amides is 1. The van der Waals surface area contributed by atoms with E-state index in [2.05, 4.69) is 5.10 Å². The monoisotopic (exact) mass is 340 g/mol. The molecule has 5 nitrogen and oxygen atoms in total. The fraction of sp³-hybridized carbons (Fsp3) is 0.467. The van der Waals surface area contributed by atoms with Gasteiger partial charge in [-0.3, -0.25) is 9.48 Å². The van der Waals surface area contributed by atoms with Crippen LogP contribution in [0, 0.1) is 6.92 Å². The van der Waals surface area contributed by atoms with Crippen molar-refractivity contribution in [2.75, 3.05) is 6.54 Å². The van der Waals surface area contributed by atoms with E-state index in [4.69, 9.17) is 23.2 Å². The van der Waals surface area contributed by atoms with Gasteiger partial charge in [0.15, 0.2) is 0 Å². The van der Waals surface area contributed by atoms with E-state index in [0.29, 0.717) is 15.9 Å². The molecule has 1 fully saturated rings. The molecule has 3 heterocycles. The molecule has 0 N–H and O–H groups in total. The minimum Gasteiger partial charge on any atom is -0.345 e. The molecule has 0 radical (unpaired) electrons. The maximum absolute atomic E-state index is 12.9. The number of aryl methyl sites for hydroxylation is 3. The van der Waals surface area contributed by atoms with Crippen LogP contribution in [-0.2, 0) is 14.1 Å². The first-order valence-corrected chi connectivity index (χ1v) is 7.97. The molecular weight excluding hydrogens is 323 g/mol. The minimum atomic E-state index is -0.0256. The number of halogens is 2. The summed E-state index contributed by atoms with van der Waals surface area (Å²) in [6, 6.07) is 1.68. The summed E-state index contributed by atoms with van der Waals surface area (Å²) in [5.41, 5.74) is 2.42. The lowest BCUT2D eigenvalue weighted by Gasteiger charge is -2.25. The number of carbonyl (C=O) groups is 1. The van der Waals surface area contributed by atoms with Crippen molar-refractivity contribution in [3.8, 4) is 0 Å². The van der Waals surface area contributed by atoms with Crippen molar-refractivity contribution in [1.29, 1.82) is 0 Å². The van der Waals surface area contributed by atoms with Gasteiger partial charge in [0, 0.05) is 32.4 Å². The topological polar surface area (TPSA) is 43.1 Å². The van der Waals surface area contributed by atoms with E-state index in [0.717, 1.165) is 30.6 Å². The van der Waals surface area contributed by atoms with Gasteiger partial charge >= 0.3 is 0 Å². The fourth-order valence-corrected chi connectivity index (χ4v) is 3.77. The fourth-order valence-electron chi connectivity index (χ4n) is 3.22. The molecule has 0 bridgehead atoms. The minimum absolute atomic E-state index is 0.0174. The van der Waals surface area contributed by atoms with Gasteiger partial charge in [-0.2, -0.15) is 5.10 Å². The molecule has 3 rings (SSSR count). The van der Waals surface area contributed by atoms with E-state index in [1.165, 1.54) is 0 Å². The van der Waals surface area contributed by atoms with Crippen LogP contribution in [0.25, 0.3) is 0 Å². The van der Waals surface area contributed by atoms with Crippen LogP contribution in [0.15, 0.2) is 12.3 Å². The Morgan fingerprint density at radius 2 is 2.09 bits per heavy atom. The highest BCUT2D eigenvalue weighted by Crippen LogP contribution is 2.38. The van der Waals surface area contributed by atoms with Crippen LogP contribution in [0.1, 0.15) is 40.6 Å². The molecule has 7 heteroatoms. The molecule has 0 aromatic carbocycles. The maximum Gasteiger partial charge on any atom is 0.271 e. The van der Waals surface area contributed by atoms with Crippen LogP contribution < -0.4 is 0 Å². The third kappa shape index (κ3) is 2.42. The van der Waals surface area contributed by atoms with Crippen molar-refractivity contribution in [2.45, 2.75) is 25.8 Å². The largest absolute Gasteiger partial charge is 0.345 e. The van der Waals surface area contributed by atoms with Crippen molar-refractivity contribution in [3.63, 3.8) is 0 Å². The molecule has 0 aliphatic carbocycles. The first-order chi connectivity index (χ1) is 10.4. The normalized spacial score (nSPS) is 18.2. The Morgan fingerprint density at radius 1 is 1.36 bits per heavy atom. The molecule has 0 spiro atoms. The van der Waals surface area contributed by atoms with E-state index in [1.54, 1.807) is 21.5 Å². The quantitative estimate of drug-likeness (QED) is 0.841. The van der Waals surface area contributed by atoms with Gasteiger partial charge in [0.2, 0.25) is 0 Å². The average Bonchev–Trinajstić information content (AvgIpc) is 3.10. The molecule has 118 valence electrons. The summed E-state index contributed by atoms with van der Waals surface area (Å²) in [6.45, 7) is 2.65. The summed E-state index contributed by atoms with van der Waals surface area (Å²) in [5, 5.41) is 5.53. The first-order valence-electron chi connectivity index (χ1n) is 7.22. The molecule has 0 saturated carbocycles. The number of carbonyl (C=O) groups excluding carboxylic acids is 1. The zero-order valence-electron chi connectivity index (χ0n) is 12.8. The van der Waals surface area contributed by atoms with Gasteiger partial charge < -0.3 is 9.47 Å². The Balaban J connectivity index is 1.97. The van der Waals surface area contributed by atoms with Gasteiger partial charge in [0.1, 0.15) is 10.8 Å². The third-order valence-corrected chi connectivity index (χ3v) is 4.89. The molecule has 1 atom stereocenters. The number of aromatic nitrogens is 3. The molecule has 1 amide bonds. The van der Waals surface area contributed by atoms with Crippen molar-refractivity contribution < 1.29 is 4.79 Å².